The Morgan fingerprint density at radius 2 is 1.87 bits per heavy atom. The first-order valence-corrected chi connectivity index (χ1v) is 9.83. The molecule has 3 rings (SSSR count). The van der Waals surface area contributed by atoms with Gasteiger partial charge in [0.1, 0.15) is 25.7 Å². The average Bonchev–Trinajstić information content (AvgIpc) is 2.70. The number of amides is 1. The molecule has 0 radical (unpaired) electrons. The Morgan fingerprint density at radius 1 is 1.10 bits per heavy atom. The zero-order valence-corrected chi connectivity index (χ0v) is 17.5. The predicted molar refractivity (Wildman–Crippen MR) is 123 cm³/mol. The van der Waals surface area contributed by atoms with E-state index in [2.05, 4.69) is 60.1 Å². The van der Waals surface area contributed by atoms with E-state index in [9.17, 15) is 4.79 Å². The number of nitrogens with one attached hydrogen (secondary N) is 2. The van der Waals surface area contributed by atoms with Gasteiger partial charge in [0, 0.05) is 30.8 Å². The summed E-state index contributed by atoms with van der Waals surface area (Å²) in [4.78, 5) is 19.2. The molecule has 0 aliphatic carbocycles. The van der Waals surface area contributed by atoms with Gasteiger partial charge in [0.25, 0.3) is 0 Å². The molecular formula is C23H25BN4O2. The fraction of sp³-hybridized carbons (Fsp3) is 0.174. The zero-order valence-electron chi connectivity index (χ0n) is 17.5. The molecule has 0 saturated carbocycles. The summed E-state index contributed by atoms with van der Waals surface area (Å²) < 4.78 is 5.75. The molecule has 1 aromatic heterocycles. The smallest absolute Gasteiger partial charge is 0.224 e. The maximum absolute atomic E-state index is 11.1. The maximum atomic E-state index is 11.1. The maximum Gasteiger partial charge on any atom is 0.224 e. The fourth-order valence-corrected chi connectivity index (χ4v) is 3.06. The molecule has 0 fully saturated rings. The van der Waals surface area contributed by atoms with Gasteiger partial charge in [-0.2, -0.15) is 0 Å². The molecule has 0 aliphatic rings. The van der Waals surface area contributed by atoms with Crippen LogP contribution in [-0.4, -0.2) is 23.7 Å². The molecule has 2 aromatic carbocycles. The van der Waals surface area contributed by atoms with Crippen LogP contribution < -0.4 is 15.4 Å². The normalized spacial score (nSPS) is 10.3. The topological polar surface area (TPSA) is 76.1 Å². The molecule has 6 nitrogen and oxygen atoms in total. The summed E-state index contributed by atoms with van der Waals surface area (Å²) in [6.07, 6.45) is 3.06. The van der Waals surface area contributed by atoms with Crippen LogP contribution in [0.3, 0.4) is 0 Å². The summed E-state index contributed by atoms with van der Waals surface area (Å²) in [5, 5.41) is 6.00. The molecule has 152 valence electrons. The molecule has 0 bridgehead atoms. The van der Waals surface area contributed by atoms with Gasteiger partial charge < -0.3 is 15.4 Å². The van der Waals surface area contributed by atoms with E-state index < -0.39 is 0 Å². The Kier molecular flexibility index (Phi) is 6.85. The summed E-state index contributed by atoms with van der Waals surface area (Å²) in [6.45, 7) is 7.70. The summed E-state index contributed by atoms with van der Waals surface area (Å²) >= 11 is 0. The van der Waals surface area contributed by atoms with E-state index in [-0.39, 0.29) is 5.91 Å². The molecule has 0 saturated heterocycles. The number of hydrogen-bond acceptors (Lipinski definition) is 5. The highest BCUT2D eigenvalue weighted by Gasteiger charge is 2.05. The van der Waals surface area contributed by atoms with Gasteiger partial charge in [-0.3, -0.25) is 4.79 Å². The van der Waals surface area contributed by atoms with Gasteiger partial charge in [-0.25, -0.2) is 9.97 Å². The van der Waals surface area contributed by atoms with Crippen LogP contribution in [0.15, 0.2) is 67.1 Å². The van der Waals surface area contributed by atoms with Crippen LogP contribution in [0.5, 0.6) is 11.6 Å². The minimum atomic E-state index is -0.200. The van der Waals surface area contributed by atoms with Crippen molar-refractivity contribution in [3.05, 3.63) is 83.8 Å². The molecule has 0 spiro atoms. The minimum absolute atomic E-state index is 0.200. The molecule has 2 N–H and O–H groups in total. The van der Waals surface area contributed by atoms with E-state index in [0.717, 1.165) is 23.3 Å². The van der Waals surface area contributed by atoms with E-state index in [1.807, 2.05) is 24.3 Å². The Labute approximate surface area is 177 Å². The second kappa shape index (κ2) is 9.74. The molecule has 7 heteroatoms. The molecule has 3 aromatic rings. The highest BCUT2D eigenvalue weighted by Crippen LogP contribution is 2.23. The van der Waals surface area contributed by atoms with Gasteiger partial charge in [0.05, 0.1) is 0 Å². The molecule has 1 amide bonds. The average molecular weight is 400 g/mol. The third-order valence-corrected chi connectivity index (χ3v) is 4.56. The van der Waals surface area contributed by atoms with Gasteiger partial charge in [-0.05, 0) is 42.3 Å². The van der Waals surface area contributed by atoms with Crippen molar-refractivity contribution in [2.45, 2.75) is 26.6 Å². The van der Waals surface area contributed by atoms with E-state index in [4.69, 9.17) is 4.74 Å². The number of allylic oxidation sites excluding steroid dienone is 1. The first-order valence-electron chi connectivity index (χ1n) is 9.83. The summed E-state index contributed by atoms with van der Waals surface area (Å²) in [5.74, 6) is 1.21. The van der Waals surface area contributed by atoms with E-state index in [1.54, 1.807) is 6.07 Å². The first-order chi connectivity index (χ1) is 14.4. The number of rotatable bonds is 8. The largest absolute Gasteiger partial charge is 0.439 e. The van der Waals surface area contributed by atoms with Gasteiger partial charge in [-0.15, -0.1) is 0 Å². The second-order valence-electron chi connectivity index (χ2n) is 7.07. The van der Waals surface area contributed by atoms with Crippen LogP contribution in [0.1, 0.15) is 23.6 Å². The predicted octanol–water partition coefficient (Wildman–Crippen LogP) is 3.84. The van der Waals surface area contributed by atoms with Crippen molar-refractivity contribution in [3.8, 4) is 11.6 Å². The number of carbonyl (C=O) groups is 1. The van der Waals surface area contributed by atoms with E-state index in [1.165, 1.54) is 24.4 Å². The van der Waals surface area contributed by atoms with Crippen molar-refractivity contribution in [1.82, 2.24) is 9.97 Å². The Balaban J connectivity index is 1.59. The van der Waals surface area contributed by atoms with E-state index >= 15 is 0 Å². The third-order valence-electron chi connectivity index (χ3n) is 4.56. The lowest BCUT2D eigenvalue weighted by Crippen LogP contribution is -2.07. The molecule has 1 heterocycles. The van der Waals surface area contributed by atoms with Gasteiger partial charge in [-0.1, -0.05) is 36.7 Å². The Bertz CT molecular complexity index is 1050. The summed E-state index contributed by atoms with van der Waals surface area (Å²) in [7, 11) is 2.16. The van der Waals surface area contributed by atoms with Crippen LogP contribution in [0.4, 0.5) is 11.5 Å². The van der Waals surface area contributed by atoms with Gasteiger partial charge >= 0.3 is 0 Å². The van der Waals surface area contributed by atoms with Crippen LogP contribution in [0, 0.1) is 6.92 Å². The van der Waals surface area contributed by atoms with Crippen LogP contribution in [0.2, 0.25) is 0 Å². The van der Waals surface area contributed by atoms with Gasteiger partial charge in [0.2, 0.25) is 11.8 Å². The van der Waals surface area contributed by atoms with Crippen molar-refractivity contribution in [2.75, 3.05) is 10.6 Å². The second-order valence-corrected chi connectivity index (χ2v) is 7.07. The highest BCUT2D eigenvalue weighted by atomic mass is 16.5. The molecule has 30 heavy (non-hydrogen) atoms. The quantitative estimate of drug-likeness (QED) is 0.562. The Hall–Kier alpha value is -3.61. The lowest BCUT2D eigenvalue weighted by molar-refractivity contribution is -0.114. The number of nitrogens with zero attached hydrogens (tertiary/aromatic N) is 2. The standard InChI is InChI=1S/C23H25BN4O2/c1-15-4-7-20(11-19(15)13-24)27-16(2)10-18-5-8-21(9-6-18)30-23-12-22(25-14-26-23)28-17(3)29/h4-9,11-12,14,27H,2,10,13,24H2,1,3H3,(H,25,26,28,29). The lowest BCUT2D eigenvalue weighted by Gasteiger charge is -2.13. The highest BCUT2D eigenvalue weighted by molar-refractivity contribution is 6.08. The number of aryl methyl sites for hydroxylation is 1. The molecular weight excluding hydrogens is 375 g/mol. The summed E-state index contributed by atoms with van der Waals surface area (Å²) in [6, 6.07) is 15.7. The van der Waals surface area contributed by atoms with Crippen molar-refractivity contribution < 1.29 is 9.53 Å². The van der Waals surface area contributed by atoms with Crippen LogP contribution >= 0.6 is 0 Å². The van der Waals surface area contributed by atoms with Crippen molar-refractivity contribution in [3.63, 3.8) is 0 Å². The molecule has 0 aliphatic heterocycles. The number of aromatic nitrogens is 2. The number of hydrogen-bond donors (Lipinski definition) is 2. The minimum Gasteiger partial charge on any atom is -0.439 e. The van der Waals surface area contributed by atoms with Crippen LogP contribution in [-0.2, 0) is 17.5 Å². The van der Waals surface area contributed by atoms with Crippen LogP contribution in [0.25, 0.3) is 0 Å². The monoisotopic (exact) mass is 400 g/mol. The SMILES string of the molecule is BCc1cc(NC(=C)Cc2ccc(Oc3cc(NC(C)=O)ncn3)cc2)ccc1C. The number of benzene rings is 2. The summed E-state index contributed by atoms with van der Waals surface area (Å²) in [5.41, 5.74) is 5.73. The van der Waals surface area contributed by atoms with Gasteiger partial charge in [0.15, 0.2) is 0 Å². The third kappa shape index (κ3) is 5.94. The number of ether oxygens (including phenoxy) is 1. The lowest BCUT2D eigenvalue weighted by atomic mass is 9.93. The van der Waals surface area contributed by atoms with E-state index in [0.29, 0.717) is 23.9 Å². The van der Waals surface area contributed by atoms with Crippen molar-refractivity contribution in [1.29, 1.82) is 0 Å². The Morgan fingerprint density at radius 3 is 2.57 bits per heavy atom. The number of carbonyl (C=O) groups excluding carboxylic acids is 1. The van der Waals surface area contributed by atoms with Crippen molar-refractivity contribution in [2.24, 2.45) is 0 Å². The molecule has 0 unspecified atom stereocenters. The zero-order chi connectivity index (χ0) is 21.5. The van der Waals surface area contributed by atoms with Crippen molar-refractivity contribution >= 4 is 25.3 Å². The number of anilines is 2. The first kappa shape index (κ1) is 21.1. The fourth-order valence-electron chi connectivity index (χ4n) is 3.06. The molecule has 0 atom stereocenters.